The lowest BCUT2D eigenvalue weighted by Crippen LogP contribution is -1.96. The lowest BCUT2D eigenvalue weighted by Gasteiger charge is -2.09. The van der Waals surface area contributed by atoms with Crippen LogP contribution in [-0.2, 0) is 13.0 Å². The highest BCUT2D eigenvalue weighted by Gasteiger charge is 2.04. The van der Waals surface area contributed by atoms with Gasteiger partial charge in [-0.2, -0.15) is 0 Å². The number of ether oxygens (including phenoxy) is 1. The van der Waals surface area contributed by atoms with Crippen molar-refractivity contribution in [3.63, 3.8) is 0 Å². The largest absolute Gasteiger partial charge is 0.489 e. The molecule has 0 unspecified atom stereocenters. The zero-order chi connectivity index (χ0) is 15.5. The average molecular weight is 312 g/mol. The van der Waals surface area contributed by atoms with E-state index in [0.29, 0.717) is 6.61 Å². The monoisotopic (exact) mass is 311 g/mol. The molecule has 3 heteroatoms. The molecule has 0 fully saturated rings. The molecule has 0 radical (unpaired) electrons. The smallest absolute Gasteiger partial charge is 0.122 e. The number of nitrogens with zero attached hydrogens (tertiary/aromatic N) is 1. The second-order valence-electron chi connectivity index (χ2n) is 5.36. The van der Waals surface area contributed by atoms with Gasteiger partial charge in [0.2, 0.25) is 0 Å². The van der Waals surface area contributed by atoms with Crippen LogP contribution in [0.3, 0.4) is 0 Å². The molecule has 112 valence electrons. The summed E-state index contributed by atoms with van der Waals surface area (Å²) in [6, 6.07) is 16.0. The van der Waals surface area contributed by atoms with E-state index in [0.717, 1.165) is 39.4 Å². The highest BCUT2D eigenvalue weighted by Crippen LogP contribution is 2.23. The standard InChI is InChI=1S/C19H18ClNO/c1-3-15-10-16-7-8-18(11-19(16)21-13(15)2)22-12-14-5-4-6-17(20)9-14/h4-11H,3,12H2,1-2H3. The Balaban J connectivity index is 1.83. The summed E-state index contributed by atoms with van der Waals surface area (Å²) in [5, 5.41) is 1.88. The fraction of sp³-hybridized carbons (Fsp3) is 0.211. The number of hydrogen-bond donors (Lipinski definition) is 0. The summed E-state index contributed by atoms with van der Waals surface area (Å²) in [6.07, 6.45) is 1.00. The molecule has 0 saturated carbocycles. The van der Waals surface area contributed by atoms with Gasteiger partial charge in [-0.25, -0.2) is 0 Å². The normalized spacial score (nSPS) is 10.9. The maximum atomic E-state index is 5.99. The van der Waals surface area contributed by atoms with Gasteiger partial charge in [-0.1, -0.05) is 30.7 Å². The summed E-state index contributed by atoms with van der Waals surface area (Å²) in [5.74, 6) is 0.823. The Morgan fingerprint density at radius 3 is 2.73 bits per heavy atom. The summed E-state index contributed by atoms with van der Waals surface area (Å²) in [6.45, 7) is 4.70. The Kier molecular flexibility index (Phi) is 4.30. The van der Waals surface area contributed by atoms with E-state index in [1.807, 2.05) is 36.4 Å². The van der Waals surface area contributed by atoms with E-state index in [2.05, 4.69) is 31.0 Å². The summed E-state index contributed by atoms with van der Waals surface area (Å²) in [7, 11) is 0. The van der Waals surface area contributed by atoms with Crippen molar-refractivity contribution in [1.29, 1.82) is 0 Å². The van der Waals surface area contributed by atoms with Crippen LogP contribution in [-0.4, -0.2) is 4.98 Å². The zero-order valence-corrected chi connectivity index (χ0v) is 13.5. The van der Waals surface area contributed by atoms with Crippen LogP contribution in [0.2, 0.25) is 5.02 Å². The fourth-order valence-electron chi connectivity index (χ4n) is 2.53. The van der Waals surface area contributed by atoms with Crippen molar-refractivity contribution in [2.75, 3.05) is 0 Å². The van der Waals surface area contributed by atoms with Crippen LogP contribution in [0.1, 0.15) is 23.7 Å². The van der Waals surface area contributed by atoms with Crippen LogP contribution in [0.4, 0.5) is 0 Å². The minimum Gasteiger partial charge on any atom is -0.489 e. The molecule has 0 aliphatic carbocycles. The van der Waals surface area contributed by atoms with Crippen LogP contribution in [0.5, 0.6) is 5.75 Å². The van der Waals surface area contributed by atoms with Gasteiger partial charge >= 0.3 is 0 Å². The van der Waals surface area contributed by atoms with Crippen molar-refractivity contribution in [2.24, 2.45) is 0 Å². The van der Waals surface area contributed by atoms with Gasteiger partial charge in [-0.3, -0.25) is 4.98 Å². The van der Waals surface area contributed by atoms with E-state index in [9.17, 15) is 0 Å². The molecule has 3 rings (SSSR count). The second kappa shape index (κ2) is 6.37. The first kappa shape index (κ1) is 14.9. The van der Waals surface area contributed by atoms with Crippen molar-refractivity contribution in [3.05, 3.63) is 70.4 Å². The number of halogens is 1. The third-order valence-corrected chi connectivity index (χ3v) is 4.00. The van der Waals surface area contributed by atoms with Gasteiger partial charge in [-0.05, 0) is 54.8 Å². The maximum Gasteiger partial charge on any atom is 0.122 e. The Morgan fingerprint density at radius 1 is 1.09 bits per heavy atom. The van der Waals surface area contributed by atoms with E-state index in [-0.39, 0.29) is 0 Å². The maximum absolute atomic E-state index is 5.99. The first-order chi connectivity index (χ1) is 10.7. The molecule has 0 aliphatic heterocycles. The minimum atomic E-state index is 0.498. The van der Waals surface area contributed by atoms with Gasteiger partial charge in [0.05, 0.1) is 5.52 Å². The average Bonchev–Trinajstić information content (AvgIpc) is 2.52. The Labute approximate surface area is 135 Å². The molecule has 0 N–H and O–H groups in total. The van der Waals surface area contributed by atoms with E-state index in [4.69, 9.17) is 16.3 Å². The number of aromatic nitrogens is 1. The van der Waals surface area contributed by atoms with Crippen LogP contribution < -0.4 is 4.74 Å². The number of benzene rings is 2. The lowest BCUT2D eigenvalue weighted by molar-refractivity contribution is 0.306. The molecule has 22 heavy (non-hydrogen) atoms. The van der Waals surface area contributed by atoms with Crippen molar-refractivity contribution >= 4 is 22.5 Å². The molecule has 2 nitrogen and oxygen atoms in total. The van der Waals surface area contributed by atoms with E-state index >= 15 is 0 Å². The molecule has 0 spiro atoms. The Hall–Kier alpha value is -2.06. The Morgan fingerprint density at radius 2 is 1.95 bits per heavy atom. The summed E-state index contributed by atoms with van der Waals surface area (Å²) in [4.78, 5) is 4.68. The highest BCUT2D eigenvalue weighted by molar-refractivity contribution is 6.30. The van der Waals surface area contributed by atoms with Crippen molar-refractivity contribution in [3.8, 4) is 5.75 Å². The molecule has 0 saturated heterocycles. The lowest BCUT2D eigenvalue weighted by atomic mass is 10.1. The van der Waals surface area contributed by atoms with Gasteiger partial charge in [0, 0.05) is 22.2 Å². The SMILES string of the molecule is CCc1cc2ccc(OCc3cccc(Cl)c3)cc2nc1C. The summed E-state index contributed by atoms with van der Waals surface area (Å²) < 4.78 is 5.85. The molecule has 3 aromatic rings. The topological polar surface area (TPSA) is 22.1 Å². The van der Waals surface area contributed by atoms with Gasteiger partial charge in [0.15, 0.2) is 0 Å². The van der Waals surface area contributed by atoms with Gasteiger partial charge in [-0.15, -0.1) is 0 Å². The molecule has 1 aromatic heterocycles. The van der Waals surface area contributed by atoms with Crippen LogP contribution in [0.15, 0.2) is 48.5 Å². The second-order valence-corrected chi connectivity index (χ2v) is 5.80. The number of aryl methyl sites for hydroxylation is 2. The zero-order valence-electron chi connectivity index (χ0n) is 12.8. The van der Waals surface area contributed by atoms with E-state index < -0.39 is 0 Å². The van der Waals surface area contributed by atoms with Crippen molar-refractivity contribution in [1.82, 2.24) is 4.98 Å². The molecule has 0 atom stereocenters. The molecular formula is C19H18ClNO. The van der Waals surface area contributed by atoms with Crippen LogP contribution >= 0.6 is 11.6 Å². The van der Waals surface area contributed by atoms with Crippen molar-refractivity contribution < 1.29 is 4.74 Å². The summed E-state index contributed by atoms with van der Waals surface area (Å²) >= 11 is 5.99. The Bertz CT molecular complexity index is 814. The predicted molar refractivity (Wildman–Crippen MR) is 91.6 cm³/mol. The predicted octanol–water partition coefficient (Wildman–Crippen LogP) is 5.34. The molecule has 0 aliphatic rings. The van der Waals surface area contributed by atoms with Gasteiger partial charge in [0.25, 0.3) is 0 Å². The number of pyridine rings is 1. The minimum absolute atomic E-state index is 0.498. The first-order valence-corrected chi connectivity index (χ1v) is 7.81. The van der Waals surface area contributed by atoms with E-state index in [1.54, 1.807) is 0 Å². The molecule has 2 aromatic carbocycles. The first-order valence-electron chi connectivity index (χ1n) is 7.43. The van der Waals surface area contributed by atoms with Crippen LogP contribution in [0, 0.1) is 6.92 Å². The van der Waals surface area contributed by atoms with Gasteiger partial charge in [0.1, 0.15) is 12.4 Å². The van der Waals surface area contributed by atoms with Crippen molar-refractivity contribution in [2.45, 2.75) is 26.9 Å². The molecule has 1 heterocycles. The third-order valence-electron chi connectivity index (χ3n) is 3.76. The molecular weight excluding hydrogens is 294 g/mol. The summed E-state index contributed by atoms with van der Waals surface area (Å²) in [5.41, 5.74) is 4.40. The number of fused-ring (bicyclic) bond motifs is 1. The van der Waals surface area contributed by atoms with E-state index in [1.165, 1.54) is 5.56 Å². The molecule has 0 bridgehead atoms. The quantitative estimate of drug-likeness (QED) is 0.649. The molecule has 0 amide bonds. The van der Waals surface area contributed by atoms with Gasteiger partial charge < -0.3 is 4.74 Å². The third kappa shape index (κ3) is 3.23. The van der Waals surface area contributed by atoms with Crippen LogP contribution in [0.25, 0.3) is 10.9 Å². The highest BCUT2D eigenvalue weighted by atomic mass is 35.5. The fourth-order valence-corrected chi connectivity index (χ4v) is 2.74. The number of rotatable bonds is 4. The number of hydrogen-bond acceptors (Lipinski definition) is 2.